The zero-order valence-corrected chi connectivity index (χ0v) is 11.3. The van der Waals surface area contributed by atoms with Gasteiger partial charge in [-0.2, -0.15) is 0 Å². The van der Waals surface area contributed by atoms with Gasteiger partial charge in [0.15, 0.2) is 0 Å². The van der Waals surface area contributed by atoms with E-state index in [2.05, 4.69) is 6.58 Å². The maximum Gasteiger partial charge on any atom is 0.320 e. The second-order valence-electron chi connectivity index (χ2n) is 3.95. The van der Waals surface area contributed by atoms with Gasteiger partial charge in [0.1, 0.15) is 0 Å². The van der Waals surface area contributed by atoms with Crippen molar-refractivity contribution in [2.24, 2.45) is 0 Å². The number of halogens is 1. The van der Waals surface area contributed by atoms with Crippen LogP contribution < -0.4 is 0 Å². The monoisotopic (exact) mass is 267 g/mol. The van der Waals surface area contributed by atoms with E-state index < -0.39 is 0 Å². The van der Waals surface area contributed by atoms with E-state index in [-0.39, 0.29) is 12.5 Å². The van der Waals surface area contributed by atoms with E-state index in [0.29, 0.717) is 24.7 Å². The van der Waals surface area contributed by atoms with E-state index in [1.807, 2.05) is 35.2 Å². The molecule has 0 saturated carbocycles. The molecule has 0 bridgehead atoms. The van der Waals surface area contributed by atoms with Crippen molar-refractivity contribution in [1.82, 2.24) is 4.90 Å². The first-order valence-corrected chi connectivity index (χ1v) is 6.24. The summed E-state index contributed by atoms with van der Waals surface area (Å²) in [4.78, 5) is 13.4. The highest BCUT2D eigenvalue weighted by atomic mass is 35.5. The quantitative estimate of drug-likeness (QED) is 0.712. The first-order chi connectivity index (χ1) is 8.61. The van der Waals surface area contributed by atoms with E-state index in [0.717, 1.165) is 5.56 Å². The van der Waals surface area contributed by atoms with Crippen molar-refractivity contribution in [2.45, 2.75) is 13.5 Å². The minimum absolute atomic E-state index is 0.217. The van der Waals surface area contributed by atoms with Crippen LogP contribution >= 0.6 is 11.6 Å². The van der Waals surface area contributed by atoms with Gasteiger partial charge in [-0.05, 0) is 12.5 Å². The van der Waals surface area contributed by atoms with Crippen molar-refractivity contribution in [2.75, 3.05) is 19.7 Å². The summed E-state index contributed by atoms with van der Waals surface area (Å²) in [6.07, 6.45) is 0. The highest BCUT2D eigenvalue weighted by Gasteiger charge is 2.12. The van der Waals surface area contributed by atoms with Gasteiger partial charge >= 0.3 is 5.97 Å². The lowest BCUT2D eigenvalue weighted by Crippen LogP contribution is -2.31. The Morgan fingerprint density at radius 2 is 2.00 bits per heavy atom. The highest BCUT2D eigenvalue weighted by Crippen LogP contribution is 2.08. The normalized spacial score (nSPS) is 10.4. The fourth-order valence-electron chi connectivity index (χ4n) is 1.64. The largest absolute Gasteiger partial charge is 0.465 e. The Balaban J connectivity index is 2.60. The molecule has 0 heterocycles. The average molecular weight is 268 g/mol. The molecule has 0 saturated heterocycles. The van der Waals surface area contributed by atoms with Crippen LogP contribution in [0.2, 0.25) is 0 Å². The van der Waals surface area contributed by atoms with Gasteiger partial charge in [0, 0.05) is 18.1 Å². The molecule has 0 spiro atoms. The molecule has 0 aromatic heterocycles. The van der Waals surface area contributed by atoms with Gasteiger partial charge in [-0.25, -0.2) is 0 Å². The van der Waals surface area contributed by atoms with E-state index in [1.54, 1.807) is 6.92 Å². The Morgan fingerprint density at radius 3 is 2.56 bits per heavy atom. The van der Waals surface area contributed by atoms with E-state index in [1.165, 1.54) is 0 Å². The minimum Gasteiger partial charge on any atom is -0.465 e. The molecule has 98 valence electrons. The lowest BCUT2D eigenvalue weighted by molar-refractivity contribution is -0.144. The van der Waals surface area contributed by atoms with Crippen molar-refractivity contribution in [3.8, 4) is 0 Å². The van der Waals surface area contributed by atoms with Crippen molar-refractivity contribution in [1.29, 1.82) is 0 Å². The fraction of sp³-hybridized carbons (Fsp3) is 0.357. The topological polar surface area (TPSA) is 29.5 Å². The lowest BCUT2D eigenvalue weighted by Gasteiger charge is -2.20. The molecule has 0 aliphatic rings. The molecule has 4 heteroatoms. The van der Waals surface area contributed by atoms with Crippen LogP contribution in [0.15, 0.2) is 41.9 Å². The maximum atomic E-state index is 11.5. The molecule has 18 heavy (non-hydrogen) atoms. The molecule has 0 atom stereocenters. The third kappa shape index (κ3) is 5.84. The van der Waals surface area contributed by atoms with Crippen molar-refractivity contribution >= 4 is 17.6 Å². The van der Waals surface area contributed by atoms with Crippen LogP contribution in [-0.2, 0) is 16.1 Å². The zero-order chi connectivity index (χ0) is 13.4. The number of rotatable bonds is 7. The molecule has 0 N–H and O–H groups in total. The van der Waals surface area contributed by atoms with Crippen LogP contribution in [-0.4, -0.2) is 30.6 Å². The predicted octanol–water partition coefficient (Wildman–Crippen LogP) is 2.80. The number of benzene rings is 1. The summed E-state index contributed by atoms with van der Waals surface area (Å²) in [5.41, 5.74) is 1.12. The first kappa shape index (κ1) is 14.7. The molecule has 0 aliphatic heterocycles. The van der Waals surface area contributed by atoms with Crippen molar-refractivity contribution in [3.05, 3.63) is 47.5 Å². The van der Waals surface area contributed by atoms with E-state index >= 15 is 0 Å². The second-order valence-corrected chi connectivity index (χ2v) is 4.49. The Morgan fingerprint density at radius 1 is 1.33 bits per heavy atom. The highest BCUT2D eigenvalue weighted by molar-refractivity contribution is 6.29. The summed E-state index contributed by atoms with van der Waals surface area (Å²) in [6.45, 7) is 7.17. The molecule has 3 nitrogen and oxygen atoms in total. The standard InChI is InChI=1S/C14H18ClNO2/c1-3-18-14(17)11-16(9-12(2)15)10-13-7-5-4-6-8-13/h4-8H,2-3,9-11H2,1H3. The summed E-state index contributed by atoms with van der Waals surface area (Å²) in [7, 11) is 0. The number of esters is 1. The first-order valence-electron chi connectivity index (χ1n) is 5.87. The number of carbonyl (C=O) groups excluding carboxylic acids is 1. The SMILES string of the molecule is C=C(Cl)CN(CC(=O)OCC)Cc1ccccc1. The predicted molar refractivity (Wildman–Crippen MR) is 73.3 cm³/mol. The van der Waals surface area contributed by atoms with Gasteiger partial charge in [0.25, 0.3) is 0 Å². The van der Waals surface area contributed by atoms with Crippen molar-refractivity contribution < 1.29 is 9.53 Å². The third-order valence-corrected chi connectivity index (χ3v) is 2.42. The smallest absolute Gasteiger partial charge is 0.320 e. The number of ether oxygens (including phenoxy) is 1. The average Bonchev–Trinajstić information content (AvgIpc) is 2.29. The van der Waals surface area contributed by atoms with E-state index in [9.17, 15) is 4.79 Å². The summed E-state index contributed by atoms with van der Waals surface area (Å²) >= 11 is 5.81. The molecule has 1 rings (SSSR count). The molecule has 0 fully saturated rings. The molecular formula is C14H18ClNO2. The molecule has 0 unspecified atom stereocenters. The third-order valence-electron chi connectivity index (χ3n) is 2.30. The van der Waals surface area contributed by atoms with Gasteiger partial charge in [0.2, 0.25) is 0 Å². The van der Waals surface area contributed by atoms with Gasteiger partial charge < -0.3 is 4.74 Å². The van der Waals surface area contributed by atoms with Crippen LogP contribution in [0.5, 0.6) is 0 Å². The van der Waals surface area contributed by atoms with Crippen LogP contribution in [0.4, 0.5) is 0 Å². The summed E-state index contributed by atoms with van der Waals surface area (Å²) in [5, 5.41) is 0.509. The number of nitrogens with zero attached hydrogens (tertiary/aromatic N) is 1. The van der Waals surface area contributed by atoms with Crippen LogP contribution in [0.25, 0.3) is 0 Å². The van der Waals surface area contributed by atoms with E-state index in [4.69, 9.17) is 16.3 Å². The zero-order valence-electron chi connectivity index (χ0n) is 10.6. The summed E-state index contributed by atoms with van der Waals surface area (Å²) < 4.78 is 4.94. The number of carbonyl (C=O) groups is 1. The lowest BCUT2D eigenvalue weighted by atomic mass is 10.2. The van der Waals surface area contributed by atoms with Crippen molar-refractivity contribution in [3.63, 3.8) is 0 Å². The minimum atomic E-state index is -0.244. The van der Waals surface area contributed by atoms with Crippen LogP contribution in [0, 0.1) is 0 Å². The molecule has 1 aromatic carbocycles. The summed E-state index contributed by atoms with van der Waals surface area (Å²) in [5.74, 6) is -0.244. The Kier molecular flexibility index (Phi) is 6.47. The van der Waals surface area contributed by atoms with Gasteiger partial charge in [-0.3, -0.25) is 9.69 Å². The second kappa shape index (κ2) is 7.90. The molecule has 0 aliphatic carbocycles. The molecule has 1 aromatic rings. The molecule has 0 amide bonds. The fourth-order valence-corrected chi connectivity index (χ4v) is 1.81. The molecular weight excluding hydrogens is 250 g/mol. The Bertz CT molecular complexity index is 392. The molecule has 0 radical (unpaired) electrons. The number of hydrogen-bond donors (Lipinski definition) is 0. The number of hydrogen-bond acceptors (Lipinski definition) is 3. The maximum absolute atomic E-state index is 11.5. The van der Waals surface area contributed by atoms with Crippen LogP contribution in [0.1, 0.15) is 12.5 Å². The Labute approximate surface area is 113 Å². The Hall–Kier alpha value is -1.32. The van der Waals surface area contributed by atoms with Gasteiger partial charge in [-0.1, -0.05) is 48.5 Å². The van der Waals surface area contributed by atoms with Gasteiger partial charge in [-0.15, -0.1) is 0 Å². The van der Waals surface area contributed by atoms with Crippen LogP contribution in [0.3, 0.4) is 0 Å². The summed E-state index contributed by atoms with van der Waals surface area (Å²) in [6, 6.07) is 9.91. The van der Waals surface area contributed by atoms with Gasteiger partial charge in [0.05, 0.1) is 13.2 Å².